The summed E-state index contributed by atoms with van der Waals surface area (Å²) in [4.78, 5) is 0. The van der Waals surface area contributed by atoms with Crippen molar-refractivity contribution < 1.29 is 13.2 Å². The van der Waals surface area contributed by atoms with E-state index in [1.165, 1.54) is 12.3 Å². The van der Waals surface area contributed by atoms with E-state index in [2.05, 4.69) is 22.7 Å². The van der Waals surface area contributed by atoms with Crippen molar-refractivity contribution in [2.45, 2.75) is 6.18 Å². The molecule has 2 aromatic rings. The number of hydrogen-bond donors (Lipinski definition) is 2. The highest BCUT2D eigenvalue weighted by Crippen LogP contribution is 2.30. The van der Waals surface area contributed by atoms with Gasteiger partial charge in [-0.3, -0.25) is 5.43 Å². The van der Waals surface area contributed by atoms with Crippen molar-refractivity contribution >= 4 is 23.5 Å². The quantitative estimate of drug-likeness (QED) is 0.520. The monoisotopic (exact) mass is 312 g/mol. The molecule has 110 valence electrons. The average Bonchev–Trinajstić information content (AvgIpc) is 2.86. The van der Waals surface area contributed by atoms with Crippen LogP contribution in [0.4, 0.5) is 13.2 Å². The van der Waals surface area contributed by atoms with Crippen LogP contribution in [-0.4, -0.2) is 15.9 Å². The van der Waals surface area contributed by atoms with Crippen molar-refractivity contribution in [1.82, 2.24) is 9.99 Å². The molecule has 2 rings (SSSR count). The Hall–Kier alpha value is -2.35. The van der Waals surface area contributed by atoms with Crippen LogP contribution in [-0.2, 0) is 6.18 Å². The van der Waals surface area contributed by atoms with Crippen LogP contribution in [0.5, 0.6) is 0 Å². The van der Waals surface area contributed by atoms with Crippen molar-refractivity contribution in [3.63, 3.8) is 0 Å². The first kappa shape index (κ1) is 15.0. The Labute approximate surface area is 124 Å². The van der Waals surface area contributed by atoms with Gasteiger partial charge in [0.15, 0.2) is 5.11 Å². The van der Waals surface area contributed by atoms with Gasteiger partial charge in [-0.25, -0.2) is 0 Å². The Kier molecular flexibility index (Phi) is 4.27. The van der Waals surface area contributed by atoms with Gasteiger partial charge in [0.2, 0.25) is 0 Å². The summed E-state index contributed by atoms with van der Waals surface area (Å²) in [5, 5.41) is 3.79. The summed E-state index contributed by atoms with van der Waals surface area (Å²) >= 11 is 4.60. The van der Waals surface area contributed by atoms with Gasteiger partial charge in [0.25, 0.3) is 0 Å². The Balaban J connectivity index is 2.33. The summed E-state index contributed by atoms with van der Waals surface area (Å²) in [6.45, 7) is 0. The van der Waals surface area contributed by atoms with Crippen molar-refractivity contribution in [2.75, 3.05) is 0 Å². The fourth-order valence-electron chi connectivity index (χ4n) is 1.73. The van der Waals surface area contributed by atoms with Crippen LogP contribution in [0.3, 0.4) is 0 Å². The van der Waals surface area contributed by atoms with E-state index >= 15 is 0 Å². The summed E-state index contributed by atoms with van der Waals surface area (Å²) in [7, 11) is 0. The second kappa shape index (κ2) is 5.96. The molecule has 1 aromatic carbocycles. The van der Waals surface area contributed by atoms with Gasteiger partial charge in [-0.2, -0.15) is 18.3 Å². The molecule has 1 aromatic heterocycles. The Morgan fingerprint density at radius 3 is 2.71 bits per heavy atom. The number of rotatable bonds is 3. The van der Waals surface area contributed by atoms with Crippen LogP contribution >= 0.6 is 12.2 Å². The summed E-state index contributed by atoms with van der Waals surface area (Å²) in [6, 6.07) is 8.42. The van der Waals surface area contributed by atoms with Crippen LogP contribution in [0.15, 0.2) is 47.7 Å². The Morgan fingerprint density at radius 1 is 1.29 bits per heavy atom. The van der Waals surface area contributed by atoms with E-state index in [4.69, 9.17) is 5.73 Å². The molecule has 1 heterocycles. The number of hydrazone groups is 1. The smallest absolute Gasteiger partial charge is 0.375 e. The minimum absolute atomic E-state index is 0.00317. The van der Waals surface area contributed by atoms with E-state index in [1.807, 2.05) is 0 Å². The maximum absolute atomic E-state index is 12.7. The zero-order valence-electron chi connectivity index (χ0n) is 10.6. The first-order valence-corrected chi connectivity index (χ1v) is 6.22. The van der Waals surface area contributed by atoms with Crippen LogP contribution in [0.25, 0.3) is 5.69 Å². The highest BCUT2D eigenvalue weighted by atomic mass is 32.1. The van der Waals surface area contributed by atoms with Gasteiger partial charge in [-0.1, -0.05) is 6.07 Å². The third-order valence-corrected chi connectivity index (χ3v) is 2.69. The Morgan fingerprint density at radius 2 is 2.05 bits per heavy atom. The van der Waals surface area contributed by atoms with Crippen molar-refractivity contribution in [3.05, 3.63) is 53.9 Å². The number of hydrogen-bond acceptors (Lipinski definition) is 2. The molecule has 0 fully saturated rings. The summed E-state index contributed by atoms with van der Waals surface area (Å²) in [5.41, 5.74) is 7.86. The molecule has 0 amide bonds. The van der Waals surface area contributed by atoms with Gasteiger partial charge in [0.05, 0.1) is 17.5 Å². The van der Waals surface area contributed by atoms with E-state index in [1.54, 1.807) is 29.0 Å². The molecule has 0 aliphatic heterocycles. The van der Waals surface area contributed by atoms with Crippen LogP contribution < -0.4 is 11.2 Å². The molecule has 0 unspecified atom stereocenters. The normalized spacial score (nSPS) is 11.8. The third-order valence-electron chi connectivity index (χ3n) is 2.60. The fraction of sp³-hybridized carbons (Fsp3) is 0.0769. The van der Waals surface area contributed by atoms with Gasteiger partial charge < -0.3 is 10.3 Å². The maximum Gasteiger partial charge on any atom is 0.416 e. The second-order valence-electron chi connectivity index (χ2n) is 4.09. The summed E-state index contributed by atoms with van der Waals surface area (Å²) < 4.78 is 39.8. The molecule has 8 heteroatoms. The number of halogens is 3. The number of nitrogens with one attached hydrogen (secondary N) is 1. The molecule has 0 aliphatic carbocycles. The van der Waals surface area contributed by atoms with Crippen molar-refractivity contribution in [2.24, 2.45) is 10.8 Å². The van der Waals surface area contributed by atoms with E-state index in [0.717, 1.165) is 12.1 Å². The lowest BCUT2D eigenvalue weighted by Crippen LogP contribution is -2.24. The van der Waals surface area contributed by atoms with Gasteiger partial charge in [-0.05, 0) is 42.5 Å². The summed E-state index contributed by atoms with van der Waals surface area (Å²) in [5.74, 6) is 0. The largest absolute Gasteiger partial charge is 0.416 e. The number of alkyl halides is 3. The topological polar surface area (TPSA) is 55.3 Å². The average molecular weight is 312 g/mol. The lowest BCUT2D eigenvalue weighted by Gasteiger charge is -2.10. The maximum atomic E-state index is 12.7. The highest BCUT2D eigenvalue weighted by Gasteiger charge is 2.30. The number of benzene rings is 1. The minimum atomic E-state index is -4.38. The predicted molar refractivity (Wildman–Crippen MR) is 78.3 cm³/mol. The Bertz CT molecular complexity index is 676. The second-order valence-corrected chi connectivity index (χ2v) is 4.53. The zero-order chi connectivity index (χ0) is 15.5. The molecule has 4 nitrogen and oxygen atoms in total. The van der Waals surface area contributed by atoms with Gasteiger partial charge in [-0.15, -0.1) is 0 Å². The fourth-order valence-corrected chi connectivity index (χ4v) is 1.78. The molecule has 0 radical (unpaired) electrons. The van der Waals surface area contributed by atoms with Crippen LogP contribution in [0.2, 0.25) is 0 Å². The standard InChI is InChI=1S/C13H11F3N4S/c14-13(15,16)9-3-1-4-10(7-9)20-6-2-5-11(20)8-18-19-12(17)21/h1-8H,(H3,17,19,21)/b18-8+. The minimum Gasteiger partial charge on any atom is -0.375 e. The summed E-state index contributed by atoms with van der Waals surface area (Å²) in [6.07, 6.45) is -1.33. The molecule has 0 saturated carbocycles. The van der Waals surface area contributed by atoms with E-state index in [0.29, 0.717) is 11.4 Å². The third kappa shape index (κ3) is 3.82. The SMILES string of the molecule is NC(=S)N/N=C/c1cccn1-c1cccc(C(F)(F)F)c1. The first-order valence-electron chi connectivity index (χ1n) is 5.81. The zero-order valence-corrected chi connectivity index (χ0v) is 11.4. The molecule has 0 aliphatic rings. The molecule has 0 atom stereocenters. The molecular formula is C13H11F3N4S. The molecule has 3 N–H and O–H groups in total. The van der Waals surface area contributed by atoms with Gasteiger partial charge >= 0.3 is 6.18 Å². The number of nitrogens with zero attached hydrogens (tertiary/aromatic N) is 2. The molecular weight excluding hydrogens is 301 g/mol. The van der Waals surface area contributed by atoms with Gasteiger partial charge in [0.1, 0.15) is 0 Å². The molecule has 21 heavy (non-hydrogen) atoms. The molecule has 0 bridgehead atoms. The van der Waals surface area contributed by atoms with Crippen LogP contribution in [0.1, 0.15) is 11.3 Å². The molecule has 0 spiro atoms. The van der Waals surface area contributed by atoms with E-state index in [-0.39, 0.29) is 5.11 Å². The van der Waals surface area contributed by atoms with Crippen molar-refractivity contribution in [1.29, 1.82) is 0 Å². The van der Waals surface area contributed by atoms with Gasteiger partial charge in [0, 0.05) is 11.9 Å². The van der Waals surface area contributed by atoms with E-state index < -0.39 is 11.7 Å². The van der Waals surface area contributed by atoms with E-state index in [9.17, 15) is 13.2 Å². The highest BCUT2D eigenvalue weighted by molar-refractivity contribution is 7.80. The number of nitrogens with two attached hydrogens (primary N) is 1. The number of aromatic nitrogens is 1. The van der Waals surface area contributed by atoms with Crippen LogP contribution in [0, 0.1) is 0 Å². The number of thiocarbonyl (C=S) groups is 1. The van der Waals surface area contributed by atoms with Crippen molar-refractivity contribution in [3.8, 4) is 5.69 Å². The lowest BCUT2D eigenvalue weighted by atomic mass is 10.2. The predicted octanol–water partition coefficient (Wildman–Crippen LogP) is 2.66. The molecule has 0 saturated heterocycles. The lowest BCUT2D eigenvalue weighted by molar-refractivity contribution is -0.137. The first-order chi connectivity index (χ1) is 9.88.